The molecule has 64 heavy (non-hydrogen) atoms. The lowest BCUT2D eigenvalue weighted by Gasteiger charge is -2.25. The first kappa shape index (κ1) is 49.0. The van der Waals surface area contributed by atoms with Gasteiger partial charge in [0.15, 0.2) is 0 Å². The Bertz CT molecular complexity index is 2550. The summed E-state index contributed by atoms with van der Waals surface area (Å²) in [6, 6.07) is 49.0. The third kappa shape index (κ3) is 12.6. The first-order chi connectivity index (χ1) is 31.1. The second-order valence-electron chi connectivity index (χ2n) is 17.5. The van der Waals surface area contributed by atoms with Crippen molar-refractivity contribution in [2.75, 3.05) is 0 Å². The van der Waals surface area contributed by atoms with Gasteiger partial charge in [-0.25, -0.2) is 0 Å². The second kappa shape index (κ2) is 24.8. The van der Waals surface area contributed by atoms with Gasteiger partial charge in [0.25, 0.3) is 0 Å². The van der Waals surface area contributed by atoms with Gasteiger partial charge in [0.1, 0.15) is 0 Å². The summed E-state index contributed by atoms with van der Waals surface area (Å²) in [7, 11) is 0. The van der Waals surface area contributed by atoms with E-state index in [1.165, 1.54) is 102 Å². The molecule has 0 fully saturated rings. The molecule has 330 valence electrons. The zero-order chi connectivity index (χ0) is 46.0. The van der Waals surface area contributed by atoms with Crippen LogP contribution in [0.3, 0.4) is 0 Å². The van der Waals surface area contributed by atoms with Gasteiger partial charge in [-0.1, -0.05) is 230 Å². The lowest BCUT2D eigenvalue weighted by molar-refractivity contribution is 0.629. The van der Waals surface area contributed by atoms with Crippen LogP contribution in [0.1, 0.15) is 131 Å². The van der Waals surface area contributed by atoms with E-state index in [1.807, 2.05) is 12.1 Å². The van der Waals surface area contributed by atoms with Crippen LogP contribution in [0.15, 0.2) is 188 Å². The van der Waals surface area contributed by atoms with E-state index < -0.39 is 0 Å². The predicted molar refractivity (Wildman–Crippen MR) is 284 cm³/mol. The Morgan fingerprint density at radius 1 is 0.656 bits per heavy atom. The molecule has 0 heteroatoms. The lowest BCUT2D eigenvalue weighted by Crippen LogP contribution is -2.11. The Balaban J connectivity index is 0.000000377. The predicted octanol–water partition coefficient (Wildman–Crippen LogP) is 18.8. The molecule has 1 aliphatic rings. The highest BCUT2D eigenvalue weighted by molar-refractivity contribution is 5.85. The van der Waals surface area contributed by atoms with Gasteiger partial charge in [-0.15, -0.1) is 0 Å². The second-order valence-corrected chi connectivity index (χ2v) is 17.5. The molecule has 0 aliphatic heterocycles. The number of hydrogen-bond acceptors (Lipinski definition) is 0. The fourth-order valence-corrected chi connectivity index (χ4v) is 8.68. The smallest absolute Gasteiger partial charge is 0.00842 e. The minimum atomic E-state index is 0.430. The quantitative estimate of drug-likeness (QED) is 0.102. The van der Waals surface area contributed by atoms with Gasteiger partial charge in [0.05, 0.1) is 0 Å². The van der Waals surface area contributed by atoms with Crippen molar-refractivity contribution in [2.24, 2.45) is 5.92 Å². The largest absolute Gasteiger partial charge is 0.0990 e. The van der Waals surface area contributed by atoms with Gasteiger partial charge in [-0.3, -0.25) is 0 Å². The van der Waals surface area contributed by atoms with Crippen LogP contribution in [0.5, 0.6) is 0 Å². The monoisotopic (exact) mass is 843 g/mol. The lowest BCUT2D eigenvalue weighted by atomic mass is 9.79. The molecule has 0 N–H and O–H groups in total. The number of rotatable bonds is 13. The van der Waals surface area contributed by atoms with Crippen LogP contribution in [-0.4, -0.2) is 0 Å². The van der Waals surface area contributed by atoms with Crippen molar-refractivity contribution < 1.29 is 0 Å². The minimum Gasteiger partial charge on any atom is -0.0990 e. The van der Waals surface area contributed by atoms with E-state index in [4.69, 9.17) is 0 Å². The van der Waals surface area contributed by atoms with Gasteiger partial charge < -0.3 is 0 Å². The molecule has 0 spiro atoms. The summed E-state index contributed by atoms with van der Waals surface area (Å²) in [6.07, 6.45) is 21.1. The van der Waals surface area contributed by atoms with Crippen molar-refractivity contribution in [3.8, 4) is 33.4 Å². The zero-order valence-corrected chi connectivity index (χ0v) is 40.7. The third-order valence-corrected chi connectivity index (χ3v) is 12.9. The zero-order valence-electron chi connectivity index (χ0n) is 40.7. The molecule has 3 unspecified atom stereocenters. The molecule has 0 radical (unpaired) electrons. The van der Waals surface area contributed by atoms with Crippen LogP contribution in [0.2, 0.25) is 0 Å². The van der Waals surface area contributed by atoms with E-state index in [2.05, 4.69) is 240 Å². The average molecular weight is 843 g/mol. The third-order valence-electron chi connectivity index (χ3n) is 12.9. The van der Waals surface area contributed by atoms with Crippen LogP contribution in [0.4, 0.5) is 0 Å². The highest BCUT2D eigenvalue weighted by atomic mass is 14.3. The Morgan fingerprint density at radius 2 is 1.30 bits per heavy atom. The number of hydrogen-bond donors (Lipinski definition) is 0. The van der Waals surface area contributed by atoms with Crippen molar-refractivity contribution >= 4 is 5.57 Å². The van der Waals surface area contributed by atoms with Crippen molar-refractivity contribution in [2.45, 2.75) is 113 Å². The van der Waals surface area contributed by atoms with Crippen molar-refractivity contribution in [1.82, 2.24) is 0 Å². The summed E-state index contributed by atoms with van der Waals surface area (Å²) in [5.74, 6) is 1.40. The maximum Gasteiger partial charge on any atom is 0.00842 e. The molecule has 0 saturated heterocycles. The van der Waals surface area contributed by atoms with E-state index in [0.29, 0.717) is 17.8 Å². The maximum atomic E-state index is 4.04. The van der Waals surface area contributed by atoms with Crippen molar-refractivity contribution in [1.29, 1.82) is 0 Å². The Morgan fingerprint density at radius 3 is 1.97 bits per heavy atom. The fraction of sp³-hybridized carbons (Fsp3) is 0.281. The molecule has 7 rings (SSSR count). The van der Waals surface area contributed by atoms with Crippen LogP contribution in [0.25, 0.3) is 39.0 Å². The fourth-order valence-electron chi connectivity index (χ4n) is 8.68. The van der Waals surface area contributed by atoms with Crippen LogP contribution >= 0.6 is 0 Å². The van der Waals surface area contributed by atoms with E-state index >= 15 is 0 Å². The molecule has 3 atom stereocenters. The molecule has 0 heterocycles. The first-order valence-electron chi connectivity index (χ1n) is 24.0. The van der Waals surface area contributed by atoms with Gasteiger partial charge in [0, 0.05) is 5.92 Å². The summed E-state index contributed by atoms with van der Waals surface area (Å²) in [6.45, 7) is 26.3. The first-order valence-corrected chi connectivity index (χ1v) is 24.0. The van der Waals surface area contributed by atoms with E-state index in [9.17, 15) is 0 Å². The summed E-state index contributed by atoms with van der Waals surface area (Å²) < 4.78 is 0. The summed E-state index contributed by atoms with van der Waals surface area (Å²) in [5, 5.41) is 0. The minimum absolute atomic E-state index is 0.430. The van der Waals surface area contributed by atoms with E-state index in [1.54, 1.807) is 0 Å². The van der Waals surface area contributed by atoms with Crippen LogP contribution < -0.4 is 0 Å². The van der Waals surface area contributed by atoms with Crippen molar-refractivity contribution in [3.63, 3.8) is 0 Å². The number of unbranched alkanes of at least 4 members (excludes halogenated alkanes) is 1. The van der Waals surface area contributed by atoms with Crippen molar-refractivity contribution in [3.05, 3.63) is 233 Å². The maximum absolute atomic E-state index is 4.04. The molecule has 0 saturated carbocycles. The molecule has 0 bridgehead atoms. The van der Waals surface area contributed by atoms with Crippen LogP contribution in [0, 0.1) is 19.8 Å². The molecule has 0 amide bonds. The van der Waals surface area contributed by atoms with Gasteiger partial charge in [0.2, 0.25) is 0 Å². The number of allylic oxidation sites excluding steroid dienone is 9. The number of benzene rings is 6. The highest BCUT2D eigenvalue weighted by Crippen LogP contribution is 2.39. The van der Waals surface area contributed by atoms with E-state index in [-0.39, 0.29) is 0 Å². The highest BCUT2D eigenvalue weighted by Gasteiger charge is 2.21. The normalized spacial score (nSPS) is 15.1. The summed E-state index contributed by atoms with van der Waals surface area (Å²) in [4.78, 5) is 0. The Hall–Kier alpha value is -5.98. The molecular weight excluding hydrogens is 769 g/mol. The SMILES string of the molecule is C=C/C=C(\C(C)=C/C)c1cc(-c2ccc(C)c(-c3ccccc3Cc3cccc(C4C=CC=CC4C)c3CC)c2)ccc1C(C)CC.CCCC.Cc1cccc(-c2ccccc2)c1. The molecule has 6 aromatic carbocycles. The van der Waals surface area contributed by atoms with E-state index in [0.717, 1.165) is 19.3 Å². The Labute approximate surface area is 388 Å². The van der Waals surface area contributed by atoms with Gasteiger partial charge in [-0.2, -0.15) is 0 Å². The molecule has 0 aromatic heterocycles. The molecule has 1 aliphatic carbocycles. The summed E-state index contributed by atoms with van der Waals surface area (Å²) in [5.41, 5.74) is 21.3. The summed E-state index contributed by atoms with van der Waals surface area (Å²) >= 11 is 0. The molecule has 0 nitrogen and oxygen atoms in total. The standard InChI is InChI=1S/C47H52.C13H12.C4H10/c1-9-18-41(32(5)10-2)47-31-37(27-28-43(47)33(6)11-3)36-26-25-35(8)46(30-36)44-23-16-14-20-39(44)29-38-21-17-24-45(40(38)12-4)42-22-15-13-19-34(42)7;1-11-6-5-9-13(10-11)12-7-3-2-4-8-12;1-3-4-2/h9-10,13-28,30-31,33-34,42H,1,11-12,29H2,2-8H3;2-10H,1H3;3-4H2,1-2H3/b32-10-,41-18+;;. The average Bonchev–Trinajstić information content (AvgIpc) is 3.33. The van der Waals surface area contributed by atoms with Gasteiger partial charge >= 0.3 is 0 Å². The Kier molecular flexibility index (Phi) is 19.0. The molecule has 6 aromatic rings. The topological polar surface area (TPSA) is 0 Å². The molecular formula is C64H74. The number of aryl methyl sites for hydroxylation is 2. The van der Waals surface area contributed by atoms with Gasteiger partial charge in [-0.05, 0) is 154 Å². The van der Waals surface area contributed by atoms with Crippen LogP contribution in [-0.2, 0) is 12.8 Å².